The predicted molar refractivity (Wildman–Crippen MR) is 150 cm³/mol. The van der Waals surface area contributed by atoms with Crippen molar-refractivity contribution in [3.05, 3.63) is 48.0 Å². The number of rotatable bonds is 10. The van der Waals surface area contributed by atoms with Gasteiger partial charge in [-0.15, -0.1) is 0 Å². The quantitative estimate of drug-likeness (QED) is 0.364. The number of anilines is 1. The van der Waals surface area contributed by atoms with Crippen molar-refractivity contribution in [2.24, 2.45) is 0 Å². The van der Waals surface area contributed by atoms with E-state index in [1.54, 1.807) is 17.0 Å². The molecule has 2 aliphatic rings. The zero-order valence-corrected chi connectivity index (χ0v) is 23.7. The minimum atomic E-state index is -3.64. The fourth-order valence-corrected chi connectivity index (χ4v) is 7.14. The number of sulfonamides is 1. The molecule has 210 valence electrons. The van der Waals surface area contributed by atoms with Crippen molar-refractivity contribution in [2.75, 3.05) is 77.2 Å². The molecular formula is C27H34N4O6S2. The molecule has 5 rings (SSSR count). The minimum Gasteiger partial charge on any atom is -0.492 e. The molecule has 0 aliphatic carbocycles. The molecule has 39 heavy (non-hydrogen) atoms. The topological polar surface area (TPSA) is 102 Å². The third-order valence-electron chi connectivity index (χ3n) is 6.82. The molecule has 3 aromatic rings. The number of carbonyl (C=O) groups excluding carboxylic acids is 1. The van der Waals surface area contributed by atoms with Crippen LogP contribution in [0.1, 0.15) is 23.7 Å². The predicted octanol–water partition coefficient (Wildman–Crippen LogP) is 3.09. The molecule has 12 heteroatoms. The lowest BCUT2D eigenvalue weighted by Gasteiger charge is -2.28. The van der Waals surface area contributed by atoms with Crippen LogP contribution in [-0.4, -0.2) is 101 Å². The van der Waals surface area contributed by atoms with Gasteiger partial charge in [-0.3, -0.25) is 14.6 Å². The van der Waals surface area contributed by atoms with Gasteiger partial charge in [-0.05, 0) is 49.7 Å². The first-order valence-corrected chi connectivity index (χ1v) is 15.6. The molecule has 3 heterocycles. The number of aromatic nitrogens is 1. The van der Waals surface area contributed by atoms with Crippen molar-refractivity contribution in [3.8, 4) is 5.75 Å². The van der Waals surface area contributed by atoms with E-state index in [1.807, 2.05) is 25.1 Å². The number of fused-ring (bicyclic) bond motifs is 1. The number of thiazole rings is 1. The molecule has 0 atom stereocenters. The van der Waals surface area contributed by atoms with E-state index in [-0.39, 0.29) is 10.8 Å². The van der Waals surface area contributed by atoms with Gasteiger partial charge in [0.25, 0.3) is 5.91 Å². The Kier molecular flexibility index (Phi) is 9.10. The normalized spacial score (nSPS) is 17.4. The number of benzene rings is 2. The maximum atomic E-state index is 13.8. The van der Waals surface area contributed by atoms with E-state index in [4.69, 9.17) is 19.2 Å². The van der Waals surface area contributed by atoms with Gasteiger partial charge >= 0.3 is 0 Å². The molecule has 2 aromatic carbocycles. The molecule has 2 saturated heterocycles. The van der Waals surface area contributed by atoms with Crippen molar-refractivity contribution < 1.29 is 27.4 Å². The van der Waals surface area contributed by atoms with Crippen LogP contribution in [0.25, 0.3) is 10.2 Å². The van der Waals surface area contributed by atoms with E-state index in [0.717, 1.165) is 49.5 Å². The van der Waals surface area contributed by atoms with E-state index in [0.29, 0.717) is 55.9 Å². The summed E-state index contributed by atoms with van der Waals surface area (Å²) in [7, 11) is -3.64. The Morgan fingerprint density at radius 1 is 1.03 bits per heavy atom. The zero-order valence-electron chi connectivity index (χ0n) is 22.1. The zero-order chi connectivity index (χ0) is 27.2. The van der Waals surface area contributed by atoms with Crippen LogP contribution in [0.15, 0.2) is 47.4 Å². The summed E-state index contributed by atoms with van der Waals surface area (Å²) >= 11 is 1.45. The minimum absolute atomic E-state index is 0.168. The SMILES string of the molecule is CCOc1cccc2sc(N(CCCN3CCOCC3)C(=O)c3ccc(S(=O)(=O)N4CCOCC4)cc3)nc12. The maximum absolute atomic E-state index is 13.8. The van der Waals surface area contributed by atoms with Crippen molar-refractivity contribution >= 4 is 42.6 Å². The number of hydrogen-bond acceptors (Lipinski definition) is 9. The second kappa shape index (κ2) is 12.7. The first-order valence-electron chi connectivity index (χ1n) is 13.3. The van der Waals surface area contributed by atoms with Crippen LogP contribution in [0, 0.1) is 0 Å². The van der Waals surface area contributed by atoms with Gasteiger partial charge in [-0.1, -0.05) is 17.4 Å². The molecule has 1 aromatic heterocycles. The van der Waals surface area contributed by atoms with Gasteiger partial charge in [0.15, 0.2) is 5.13 Å². The highest BCUT2D eigenvalue weighted by Crippen LogP contribution is 2.35. The van der Waals surface area contributed by atoms with Crippen molar-refractivity contribution in [1.82, 2.24) is 14.2 Å². The first-order chi connectivity index (χ1) is 19.0. The average Bonchev–Trinajstić information content (AvgIpc) is 3.41. The van der Waals surface area contributed by atoms with Crippen LogP contribution in [0.3, 0.4) is 0 Å². The lowest BCUT2D eigenvalue weighted by Crippen LogP contribution is -2.40. The van der Waals surface area contributed by atoms with Gasteiger partial charge in [-0.2, -0.15) is 4.31 Å². The van der Waals surface area contributed by atoms with Crippen LogP contribution < -0.4 is 9.64 Å². The highest BCUT2D eigenvalue weighted by molar-refractivity contribution is 7.89. The van der Waals surface area contributed by atoms with Crippen molar-refractivity contribution in [1.29, 1.82) is 0 Å². The molecule has 0 N–H and O–H groups in total. The second-order valence-corrected chi connectivity index (χ2v) is 12.3. The number of morpholine rings is 2. The van der Waals surface area contributed by atoms with Crippen LogP contribution in [0.2, 0.25) is 0 Å². The molecule has 2 aliphatic heterocycles. The van der Waals surface area contributed by atoms with Crippen LogP contribution in [0.4, 0.5) is 5.13 Å². The Morgan fingerprint density at radius 3 is 2.41 bits per heavy atom. The number of carbonyl (C=O) groups is 1. The fraction of sp³-hybridized carbons (Fsp3) is 0.481. The molecule has 0 saturated carbocycles. The standard InChI is InChI=1S/C27H34N4O6S2/c1-2-37-23-5-3-6-24-25(23)28-27(38-24)31(12-4-11-29-13-17-35-18-14-29)26(32)21-7-9-22(10-8-21)39(33,34)30-15-19-36-20-16-30/h3,5-10H,2,4,11-20H2,1H3. The van der Waals surface area contributed by atoms with Gasteiger partial charge in [-0.25, -0.2) is 13.4 Å². The monoisotopic (exact) mass is 574 g/mol. The molecular weight excluding hydrogens is 540 g/mol. The number of nitrogens with zero attached hydrogens (tertiary/aromatic N) is 4. The molecule has 10 nitrogen and oxygen atoms in total. The van der Waals surface area contributed by atoms with Crippen molar-refractivity contribution in [3.63, 3.8) is 0 Å². The van der Waals surface area contributed by atoms with Gasteiger partial charge in [0.05, 0.1) is 42.6 Å². The van der Waals surface area contributed by atoms with E-state index >= 15 is 0 Å². The molecule has 0 unspecified atom stereocenters. The molecule has 0 bridgehead atoms. The lowest BCUT2D eigenvalue weighted by molar-refractivity contribution is 0.0376. The summed E-state index contributed by atoms with van der Waals surface area (Å²) in [5.74, 6) is 0.472. The Labute approximate surface area is 233 Å². The summed E-state index contributed by atoms with van der Waals surface area (Å²) < 4.78 is 44.9. The second-order valence-electron chi connectivity index (χ2n) is 9.34. The molecule has 2 fully saturated rings. The Hall–Kier alpha value is -2.61. The van der Waals surface area contributed by atoms with E-state index < -0.39 is 10.0 Å². The fourth-order valence-electron chi connectivity index (χ4n) is 4.72. The summed E-state index contributed by atoms with van der Waals surface area (Å²) in [5.41, 5.74) is 1.14. The number of para-hydroxylation sites is 1. The van der Waals surface area contributed by atoms with Gasteiger partial charge in [0, 0.05) is 44.8 Å². The number of ether oxygens (including phenoxy) is 3. The van der Waals surface area contributed by atoms with Crippen LogP contribution in [-0.2, 0) is 19.5 Å². The third-order valence-corrected chi connectivity index (χ3v) is 9.77. The molecule has 0 radical (unpaired) electrons. The Bertz CT molecular complexity index is 1370. The summed E-state index contributed by atoms with van der Waals surface area (Å²) in [5, 5.41) is 0.592. The van der Waals surface area contributed by atoms with E-state index in [2.05, 4.69) is 4.90 Å². The smallest absolute Gasteiger partial charge is 0.260 e. The van der Waals surface area contributed by atoms with Gasteiger partial charge < -0.3 is 14.2 Å². The summed E-state index contributed by atoms with van der Waals surface area (Å²) in [4.78, 5) is 22.8. The highest BCUT2D eigenvalue weighted by atomic mass is 32.2. The summed E-state index contributed by atoms with van der Waals surface area (Å²) in [6.07, 6.45) is 0.767. The van der Waals surface area contributed by atoms with Gasteiger partial charge in [0.2, 0.25) is 10.0 Å². The first kappa shape index (κ1) is 27.9. The highest BCUT2D eigenvalue weighted by Gasteiger charge is 2.27. The van der Waals surface area contributed by atoms with E-state index in [9.17, 15) is 13.2 Å². The van der Waals surface area contributed by atoms with Gasteiger partial charge in [0.1, 0.15) is 11.3 Å². The third kappa shape index (κ3) is 6.42. The molecule has 1 amide bonds. The van der Waals surface area contributed by atoms with Crippen molar-refractivity contribution in [2.45, 2.75) is 18.2 Å². The Morgan fingerprint density at radius 2 is 1.72 bits per heavy atom. The van der Waals surface area contributed by atoms with Crippen LogP contribution >= 0.6 is 11.3 Å². The maximum Gasteiger partial charge on any atom is 0.260 e. The van der Waals surface area contributed by atoms with Crippen LogP contribution in [0.5, 0.6) is 5.75 Å². The summed E-state index contributed by atoms with van der Waals surface area (Å²) in [6.45, 7) is 8.38. The number of hydrogen-bond donors (Lipinski definition) is 0. The Balaban J connectivity index is 1.39. The molecule has 0 spiro atoms. The summed E-state index contributed by atoms with van der Waals surface area (Å²) in [6, 6.07) is 12.0. The number of amides is 1. The van der Waals surface area contributed by atoms with E-state index in [1.165, 1.54) is 27.8 Å². The largest absolute Gasteiger partial charge is 0.492 e. The lowest BCUT2D eigenvalue weighted by atomic mass is 10.2. The average molecular weight is 575 g/mol.